The highest BCUT2D eigenvalue weighted by molar-refractivity contribution is 5.57. The van der Waals surface area contributed by atoms with Gasteiger partial charge in [0.2, 0.25) is 0 Å². The molecule has 1 rings (SSSR count). The van der Waals surface area contributed by atoms with Gasteiger partial charge in [-0.2, -0.15) is 5.26 Å². The number of hydrogen-bond donors (Lipinski definition) is 3. The normalized spacial score (nSPS) is 13.7. The predicted molar refractivity (Wildman–Crippen MR) is 69.0 cm³/mol. The third-order valence-electron chi connectivity index (χ3n) is 2.51. The van der Waals surface area contributed by atoms with Gasteiger partial charge in [0.1, 0.15) is 11.9 Å². The van der Waals surface area contributed by atoms with E-state index in [0.717, 1.165) is 0 Å². The molecule has 6 heteroatoms. The largest absolute Gasteiger partial charge is 0.397 e. The Kier molecular flexibility index (Phi) is 4.89. The molecule has 0 saturated heterocycles. The Balaban J connectivity index is 2.66. The molecule has 0 bridgehead atoms. The molecule has 4 N–H and O–H groups in total. The summed E-state index contributed by atoms with van der Waals surface area (Å²) in [5.41, 5.74) is 5.41. The number of nitriles is 1. The number of ether oxygens (including phenoxy) is 1. The zero-order valence-corrected chi connectivity index (χ0v) is 10.6. The van der Waals surface area contributed by atoms with Crippen LogP contribution in [0.25, 0.3) is 0 Å². The van der Waals surface area contributed by atoms with Crippen molar-refractivity contribution in [2.75, 3.05) is 31.3 Å². The molecule has 0 spiro atoms. The van der Waals surface area contributed by atoms with Crippen molar-refractivity contribution in [1.29, 1.82) is 5.26 Å². The van der Waals surface area contributed by atoms with Gasteiger partial charge >= 0.3 is 0 Å². The summed E-state index contributed by atoms with van der Waals surface area (Å²) in [6.07, 6.45) is 1.96. The fraction of sp³-hybridized carbons (Fsp3) is 0.500. The topological polar surface area (TPSA) is 104 Å². The lowest BCUT2D eigenvalue weighted by Crippen LogP contribution is -2.35. The van der Waals surface area contributed by atoms with Crippen LogP contribution in [0, 0.1) is 11.3 Å². The van der Waals surface area contributed by atoms with Crippen LogP contribution in [0.4, 0.5) is 11.5 Å². The molecule has 6 nitrogen and oxygen atoms in total. The zero-order valence-electron chi connectivity index (χ0n) is 10.6. The molecule has 18 heavy (non-hydrogen) atoms. The van der Waals surface area contributed by atoms with Crippen LogP contribution >= 0.6 is 0 Å². The number of methoxy groups -OCH3 is 1. The molecule has 0 radical (unpaired) electrons. The predicted octanol–water partition coefficient (Wildman–Crippen LogP) is 0.735. The molecule has 1 heterocycles. The van der Waals surface area contributed by atoms with E-state index in [1.807, 2.05) is 6.07 Å². The van der Waals surface area contributed by atoms with E-state index in [1.165, 1.54) is 6.20 Å². The van der Waals surface area contributed by atoms with Crippen LogP contribution in [0.2, 0.25) is 0 Å². The minimum absolute atomic E-state index is 0.280. The minimum atomic E-state index is -0.925. The fourth-order valence-corrected chi connectivity index (χ4v) is 1.39. The van der Waals surface area contributed by atoms with Crippen LogP contribution in [-0.2, 0) is 4.74 Å². The molecule has 0 fully saturated rings. The fourth-order valence-electron chi connectivity index (χ4n) is 1.39. The number of anilines is 2. The first-order valence-corrected chi connectivity index (χ1v) is 5.59. The molecule has 1 aromatic heterocycles. The highest BCUT2D eigenvalue weighted by Crippen LogP contribution is 2.16. The Morgan fingerprint density at radius 2 is 2.39 bits per heavy atom. The van der Waals surface area contributed by atoms with Crippen LogP contribution in [0.1, 0.15) is 18.9 Å². The van der Waals surface area contributed by atoms with Gasteiger partial charge in [0.25, 0.3) is 0 Å². The van der Waals surface area contributed by atoms with Crippen molar-refractivity contribution < 1.29 is 9.84 Å². The summed E-state index contributed by atoms with van der Waals surface area (Å²) in [5, 5.41) is 21.9. The average molecular weight is 250 g/mol. The Morgan fingerprint density at radius 1 is 1.67 bits per heavy atom. The van der Waals surface area contributed by atoms with Gasteiger partial charge in [-0.1, -0.05) is 0 Å². The second kappa shape index (κ2) is 6.19. The van der Waals surface area contributed by atoms with Gasteiger partial charge in [-0.05, 0) is 13.0 Å². The Bertz CT molecular complexity index is 440. The Hall–Kier alpha value is -1.84. The quantitative estimate of drug-likeness (QED) is 0.687. The zero-order chi connectivity index (χ0) is 13.6. The van der Waals surface area contributed by atoms with E-state index in [4.69, 9.17) is 15.7 Å². The number of nitrogens with zero attached hydrogens (tertiary/aromatic N) is 2. The first-order chi connectivity index (χ1) is 8.48. The van der Waals surface area contributed by atoms with E-state index in [1.54, 1.807) is 20.1 Å². The maximum atomic E-state index is 10.0. The third kappa shape index (κ3) is 4.20. The highest BCUT2D eigenvalue weighted by atomic mass is 16.5. The lowest BCUT2D eigenvalue weighted by atomic mass is 10.0. The number of rotatable bonds is 6. The SMILES string of the molecule is COCCC(C)(O)CNc1ncc(N)cc1C#N. The van der Waals surface area contributed by atoms with Gasteiger partial charge in [0, 0.05) is 26.7 Å². The molecular formula is C12H18N4O2. The molecule has 1 atom stereocenters. The number of pyridine rings is 1. The molecule has 1 aromatic rings. The molecule has 0 amide bonds. The molecule has 0 aromatic carbocycles. The number of nitrogens with two attached hydrogens (primary N) is 1. The van der Waals surface area contributed by atoms with Gasteiger partial charge in [0.15, 0.2) is 0 Å². The van der Waals surface area contributed by atoms with Gasteiger partial charge in [-0.3, -0.25) is 0 Å². The van der Waals surface area contributed by atoms with Gasteiger partial charge in [-0.25, -0.2) is 4.98 Å². The molecule has 0 aliphatic carbocycles. The minimum Gasteiger partial charge on any atom is -0.397 e. The Labute approximate surface area is 106 Å². The van der Waals surface area contributed by atoms with Crippen LogP contribution in [0.5, 0.6) is 0 Å². The van der Waals surface area contributed by atoms with Gasteiger partial charge in [-0.15, -0.1) is 0 Å². The summed E-state index contributed by atoms with van der Waals surface area (Å²) in [5.74, 6) is 0.421. The highest BCUT2D eigenvalue weighted by Gasteiger charge is 2.20. The van der Waals surface area contributed by atoms with E-state index in [-0.39, 0.29) is 6.54 Å². The molecule has 98 valence electrons. The van der Waals surface area contributed by atoms with Gasteiger partial charge < -0.3 is 20.9 Å². The number of nitrogen functional groups attached to an aromatic ring is 1. The first-order valence-electron chi connectivity index (χ1n) is 5.59. The van der Waals surface area contributed by atoms with E-state index in [0.29, 0.717) is 30.1 Å². The van der Waals surface area contributed by atoms with Crippen molar-refractivity contribution in [2.24, 2.45) is 0 Å². The van der Waals surface area contributed by atoms with Crippen LogP contribution in [0.15, 0.2) is 12.3 Å². The second-order valence-corrected chi connectivity index (χ2v) is 4.37. The monoisotopic (exact) mass is 250 g/mol. The summed E-state index contributed by atoms with van der Waals surface area (Å²) in [6.45, 7) is 2.44. The van der Waals surface area contributed by atoms with Crippen molar-refractivity contribution in [3.8, 4) is 6.07 Å². The van der Waals surface area contributed by atoms with Crippen molar-refractivity contribution in [2.45, 2.75) is 18.9 Å². The maximum Gasteiger partial charge on any atom is 0.144 e. The molecular weight excluding hydrogens is 232 g/mol. The summed E-state index contributed by atoms with van der Waals surface area (Å²) < 4.78 is 4.92. The van der Waals surface area contributed by atoms with Crippen LogP contribution in [-0.4, -0.2) is 36.0 Å². The van der Waals surface area contributed by atoms with Crippen molar-refractivity contribution >= 4 is 11.5 Å². The van der Waals surface area contributed by atoms with Crippen molar-refractivity contribution in [1.82, 2.24) is 4.98 Å². The average Bonchev–Trinajstić information content (AvgIpc) is 2.35. The van der Waals surface area contributed by atoms with Crippen molar-refractivity contribution in [3.05, 3.63) is 17.8 Å². The van der Waals surface area contributed by atoms with E-state index < -0.39 is 5.60 Å². The van der Waals surface area contributed by atoms with Crippen LogP contribution in [0.3, 0.4) is 0 Å². The maximum absolute atomic E-state index is 10.0. The second-order valence-electron chi connectivity index (χ2n) is 4.37. The third-order valence-corrected chi connectivity index (χ3v) is 2.51. The first kappa shape index (κ1) is 14.2. The molecule has 0 saturated carbocycles. The lowest BCUT2D eigenvalue weighted by molar-refractivity contribution is 0.0357. The smallest absolute Gasteiger partial charge is 0.144 e. The molecule has 0 aliphatic heterocycles. The summed E-state index contributed by atoms with van der Waals surface area (Å²) in [6, 6.07) is 3.55. The number of hydrogen-bond acceptors (Lipinski definition) is 6. The van der Waals surface area contributed by atoms with E-state index >= 15 is 0 Å². The number of aliphatic hydroxyl groups is 1. The summed E-state index contributed by atoms with van der Waals surface area (Å²) in [7, 11) is 1.58. The molecule has 0 aliphatic rings. The number of aromatic nitrogens is 1. The van der Waals surface area contributed by atoms with Crippen LogP contribution < -0.4 is 11.1 Å². The van der Waals surface area contributed by atoms with E-state index in [2.05, 4.69) is 10.3 Å². The summed E-state index contributed by atoms with van der Waals surface area (Å²) in [4.78, 5) is 4.03. The number of nitrogens with one attached hydrogen (secondary N) is 1. The van der Waals surface area contributed by atoms with Crippen molar-refractivity contribution in [3.63, 3.8) is 0 Å². The standard InChI is InChI=1S/C12H18N4O2/c1-12(17,3-4-18-2)8-16-11-9(6-13)5-10(14)7-15-11/h5,7,17H,3-4,8,14H2,1-2H3,(H,15,16). The molecule has 1 unspecified atom stereocenters. The lowest BCUT2D eigenvalue weighted by Gasteiger charge is -2.23. The summed E-state index contributed by atoms with van der Waals surface area (Å²) >= 11 is 0. The van der Waals surface area contributed by atoms with E-state index in [9.17, 15) is 5.11 Å². The Morgan fingerprint density at radius 3 is 3.00 bits per heavy atom. The van der Waals surface area contributed by atoms with Gasteiger partial charge in [0.05, 0.1) is 23.0 Å².